The number of likely N-dealkylation sites (N-methyl/N-ethyl adjacent to an activating group) is 1. The zero-order valence-electron chi connectivity index (χ0n) is 17.6. The van der Waals surface area contributed by atoms with Gasteiger partial charge in [-0.05, 0) is 48.7 Å². The minimum Gasteiger partial charge on any atom is -0.342 e. The lowest BCUT2D eigenvalue weighted by atomic mass is 9.73. The van der Waals surface area contributed by atoms with E-state index in [1.54, 1.807) is 18.0 Å². The van der Waals surface area contributed by atoms with Gasteiger partial charge in [-0.3, -0.25) is 14.4 Å². The molecule has 0 aromatic heterocycles. The Morgan fingerprint density at radius 3 is 2.33 bits per heavy atom. The lowest BCUT2D eigenvalue weighted by molar-refractivity contribution is -0.138. The van der Waals surface area contributed by atoms with Crippen molar-refractivity contribution in [1.82, 2.24) is 4.90 Å². The Balaban J connectivity index is 1.62. The first kappa shape index (κ1) is 20.1. The summed E-state index contributed by atoms with van der Waals surface area (Å²) in [7, 11) is 1.78. The van der Waals surface area contributed by atoms with Crippen LogP contribution in [0.25, 0.3) is 0 Å². The Bertz CT molecular complexity index is 992. The third kappa shape index (κ3) is 3.26. The second-order valence-corrected chi connectivity index (χ2v) is 8.48. The fraction of sp³-hybridized carbons (Fsp3) is 0.375. The first-order valence-electron chi connectivity index (χ1n) is 10.4. The summed E-state index contributed by atoms with van der Waals surface area (Å²) in [6, 6.07) is 14.8. The van der Waals surface area contributed by atoms with Crippen LogP contribution >= 0.6 is 0 Å². The number of carbonyl (C=O) groups excluding carboxylic acids is 3. The molecular formula is C24H27N3O3. The number of rotatable bonds is 3. The number of likely N-dealkylation sites (tertiary alicyclic amines) is 1. The summed E-state index contributed by atoms with van der Waals surface area (Å²) in [5.41, 5.74) is 2.33. The van der Waals surface area contributed by atoms with Gasteiger partial charge < -0.3 is 15.1 Å². The van der Waals surface area contributed by atoms with E-state index < -0.39 is 5.41 Å². The predicted molar refractivity (Wildman–Crippen MR) is 117 cm³/mol. The molecule has 1 fully saturated rings. The molecule has 1 N–H and O–H groups in total. The van der Waals surface area contributed by atoms with E-state index in [4.69, 9.17) is 0 Å². The zero-order chi connectivity index (χ0) is 21.5. The number of fused-ring (bicyclic) bond motifs is 2. The highest BCUT2D eigenvalue weighted by Gasteiger charge is 2.51. The van der Waals surface area contributed by atoms with Crippen LogP contribution in [0.1, 0.15) is 42.6 Å². The lowest BCUT2D eigenvalue weighted by Gasteiger charge is -2.39. The summed E-state index contributed by atoms with van der Waals surface area (Å²) in [5, 5.41) is 2.91. The van der Waals surface area contributed by atoms with E-state index in [1.165, 1.54) is 0 Å². The summed E-state index contributed by atoms with van der Waals surface area (Å²) >= 11 is 0. The summed E-state index contributed by atoms with van der Waals surface area (Å²) in [4.78, 5) is 42.0. The number of para-hydroxylation sites is 1. The summed E-state index contributed by atoms with van der Waals surface area (Å²) in [6.07, 6.45) is 1.15. The average Bonchev–Trinajstić information content (AvgIpc) is 2.96. The second kappa shape index (κ2) is 7.59. The van der Waals surface area contributed by atoms with E-state index in [-0.39, 0.29) is 23.6 Å². The number of anilines is 2. The smallest absolute Gasteiger partial charge is 0.255 e. The van der Waals surface area contributed by atoms with Crippen LogP contribution in [0.15, 0.2) is 48.5 Å². The van der Waals surface area contributed by atoms with Gasteiger partial charge in [0.2, 0.25) is 11.8 Å². The van der Waals surface area contributed by atoms with E-state index in [0.717, 1.165) is 16.9 Å². The van der Waals surface area contributed by atoms with Crippen LogP contribution in [0, 0.1) is 5.92 Å². The molecular weight excluding hydrogens is 378 g/mol. The maximum atomic E-state index is 13.2. The SMILES string of the molecule is CC(C)C(=O)N1CCC2(CC1)C(=O)N(C)c1ccc(C(=O)Nc3ccccc3)cc12. The standard InChI is InChI=1S/C24H27N3O3/c1-16(2)22(29)27-13-11-24(12-14-27)19-15-17(9-10-20(19)26(3)23(24)30)21(28)25-18-7-5-4-6-8-18/h4-10,15-16H,11-14H2,1-3H3,(H,25,28). The molecule has 0 aliphatic carbocycles. The topological polar surface area (TPSA) is 69.7 Å². The number of piperidine rings is 1. The molecule has 2 aromatic carbocycles. The van der Waals surface area contributed by atoms with Crippen molar-refractivity contribution in [3.05, 3.63) is 59.7 Å². The van der Waals surface area contributed by atoms with E-state index in [2.05, 4.69) is 5.32 Å². The van der Waals surface area contributed by atoms with Gasteiger partial charge in [-0.1, -0.05) is 32.0 Å². The third-order valence-electron chi connectivity index (χ3n) is 6.30. The van der Waals surface area contributed by atoms with Crippen LogP contribution in [-0.2, 0) is 15.0 Å². The Hall–Kier alpha value is -3.15. The maximum Gasteiger partial charge on any atom is 0.255 e. The van der Waals surface area contributed by atoms with Gasteiger partial charge in [-0.15, -0.1) is 0 Å². The molecule has 6 nitrogen and oxygen atoms in total. The molecule has 0 bridgehead atoms. The normalized spacial score (nSPS) is 17.4. The van der Waals surface area contributed by atoms with Crippen molar-refractivity contribution in [1.29, 1.82) is 0 Å². The van der Waals surface area contributed by atoms with Crippen LogP contribution in [0.5, 0.6) is 0 Å². The molecule has 0 unspecified atom stereocenters. The van der Waals surface area contributed by atoms with Crippen LogP contribution in [0.4, 0.5) is 11.4 Å². The Labute approximate surface area is 176 Å². The minimum absolute atomic E-state index is 0.0507. The molecule has 3 amide bonds. The number of benzene rings is 2. The highest BCUT2D eigenvalue weighted by atomic mass is 16.2. The van der Waals surface area contributed by atoms with E-state index in [9.17, 15) is 14.4 Å². The minimum atomic E-state index is -0.666. The number of hydrogen-bond donors (Lipinski definition) is 1. The van der Waals surface area contributed by atoms with Crippen molar-refractivity contribution in [2.45, 2.75) is 32.1 Å². The van der Waals surface area contributed by atoms with Crippen molar-refractivity contribution in [2.24, 2.45) is 5.92 Å². The number of carbonyl (C=O) groups is 3. The summed E-state index contributed by atoms with van der Waals surface area (Å²) < 4.78 is 0. The van der Waals surface area contributed by atoms with Crippen LogP contribution in [0.2, 0.25) is 0 Å². The van der Waals surface area contributed by atoms with Gasteiger partial charge >= 0.3 is 0 Å². The van der Waals surface area contributed by atoms with Crippen LogP contribution < -0.4 is 10.2 Å². The van der Waals surface area contributed by atoms with Crippen molar-refractivity contribution in [2.75, 3.05) is 30.4 Å². The predicted octanol–water partition coefficient (Wildman–Crippen LogP) is 3.43. The summed E-state index contributed by atoms with van der Waals surface area (Å²) in [6.45, 7) is 4.90. The molecule has 1 saturated heterocycles. The summed E-state index contributed by atoms with van der Waals surface area (Å²) in [5.74, 6) is -0.0789. The number of nitrogens with one attached hydrogen (secondary N) is 1. The lowest BCUT2D eigenvalue weighted by Crippen LogP contribution is -2.50. The van der Waals surface area contributed by atoms with Gasteiger partial charge in [0.15, 0.2) is 0 Å². The van der Waals surface area contributed by atoms with Crippen molar-refractivity contribution >= 4 is 29.1 Å². The fourth-order valence-corrected chi connectivity index (χ4v) is 4.58. The molecule has 1 spiro atoms. The van der Waals surface area contributed by atoms with Crippen LogP contribution in [0.3, 0.4) is 0 Å². The molecule has 30 heavy (non-hydrogen) atoms. The highest BCUT2D eigenvalue weighted by Crippen LogP contribution is 2.47. The molecule has 2 heterocycles. The van der Waals surface area contributed by atoms with Gasteiger partial charge in [0.05, 0.1) is 5.41 Å². The third-order valence-corrected chi connectivity index (χ3v) is 6.30. The van der Waals surface area contributed by atoms with Gasteiger partial charge in [0, 0.05) is 43.0 Å². The Kier molecular flexibility index (Phi) is 5.10. The molecule has 2 aliphatic heterocycles. The fourth-order valence-electron chi connectivity index (χ4n) is 4.58. The monoisotopic (exact) mass is 405 g/mol. The van der Waals surface area contributed by atoms with E-state index >= 15 is 0 Å². The average molecular weight is 405 g/mol. The quantitative estimate of drug-likeness (QED) is 0.851. The van der Waals surface area contributed by atoms with Crippen LogP contribution in [-0.4, -0.2) is 42.8 Å². The van der Waals surface area contributed by atoms with Gasteiger partial charge in [0.1, 0.15) is 0 Å². The molecule has 4 rings (SSSR count). The van der Waals surface area contributed by atoms with Crippen molar-refractivity contribution < 1.29 is 14.4 Å². The zero-order valence-corrected chi connectivity index (χ0v) is 17.6. The molecule has 156 valence electrons. The first-order chi connectivity index (χ1) is 14.3. The molecule has 2 aliphatic rings. The largest absolute Gasteiger partial charge is 0.342 e. The molecule has 0 saturated carbocycles. The van der Waals surface area contributed by atoms with Gasteiger partial charge in [-0.25, -0.2) is 0 Å². The number of nitrogens with zero attached hydrogens (tertiary/aromatic N) is 2. The maximum absolute atomic E-state index is 13.2. The molecule has 6 heteroatoms. The number of amides is 3. The molecule has 0 atom stereocenters. The second-order valence-electron chi connectivity index (χ2n) is 8.48. The van der Waals surface area contributed by atoms with Gasteiger partial charge in [0.25, 0.3) is 5.91 Å². The van der Waals surface area contributed by atoms with E-state index in [0.29, 0.717) is 31.5 Å². The Morgan fingerprint density at radius 1 is 1.03 bits per heavy atom. The van der Waals surface area contributed by atoms with Crippen molar-refractivity contribution in [3.63, 3.8) is 0 Å². The number of hydrogen-bond acceptors (Lipinski definition) is 3. The molecule has 2 aromatic rings. The van der Waals surface area contributed by atoms with E-state index in [1.807, 2.05) is 61.2 Å². The first-order valence-corrected chi connectivity index (χ1v) is 10.4. The molecule has 0 radical (unpaired) electrons. The van der Waals surface area contributed by atoms with Gasteiger partial charge in [-0.2, -0.15) is 0 Å². The Morgan fingerprint density at radius 2 is 1.70 bits per heavy atom. The highest BCUT2D eigenvalue weighted by molar-refractivity contribution is 6.10. The van der Waals surface area contributed by atoms with Crippen molar-refractivity contribution in [3.8, 4) is 0 Å².